The molecule has 1 amide bonds. The molecule has 1 aromatic carbocycles. The van der Waals surface area contributed by atoms with Crippen molar-refractivity contribution in [3.63, 3.8) is 0 Å². The van der Waals surface area contributed by atoms with Gasteiger partial charge in [-0.15, -0.1) is 0 Å². The number of carbonyl (C=O) groups is 2. The highest BCUT2D eigenvalue weighted by atomic mass is 35.5. The second kappa shape index (κ2) is 8.03. The quantitative estimate of drug-likeness (QED) is 0.798. The molecule has 0 saturated carbocycles. The molecule has 21 heavy (non-hydrogen) atoms. The lowest BCUT2D eigenvalue weighted by Crippen LogP contribution is -2.27. The first-order valence-corrected chi connectivity index (χ1v) is 7.46. The van der Waals surface area contributed by atoms with E-state index in [0.717, 1.165) is 0 Å². The maximum atomic E-state index is 12.0. The molecule has 0 bridgehead atoms. The van der Waals surface area contributed by atoms with E-state index in [1.54, 1.807) is 31.2 Å². The van der Waals surface area contributed by atoms with Crippen molar-refractivity contribution in [2.75, 3.05) is 5.32 Å². The fourth-order valence-electron chi connectivity index (χ4n) is 2.28. The standard InChI is InChI=1S/C16H22ClNO3/c1-10(2)8-12(16(20)21)11(3)9-15(19)18-14-7-5-4-6-13(14)17/h4-7,10-12H,8-9H2,1-3H3,(H,18,19)(H,20,21)/t11-,12+/m1/s1. The topological polar surface area (TPSA) is 66.4 Å². The Morgan fingerprint density at radius 2 is 1.86 bits per heavy atom. The van der Waals surface area contributed by atoms with Gasteiger partial charge in [0.1, 0.15) is 0 Å². The number of carboxylic acids is 1. The third-order valence-corrected chi connectivity index (χ3v) is 3.71. The molecule has 0 aliphatic heterocycles. The molecule has 116 valence electrons. The van der Waals surface area contributed by atoms with E-state index in [0.29, 0.717) is 17.1 Å². The molecule has 0 fully saturated rings. The van der Waals surface area contributed by atoms with E-state index < -0.39 is 11.9 Å². The molecule has 0 heterocycles. The van der Waals surface area contributed by atoms with Crippen molar-refractivity contribution in [2.24, 2.45) is 17.8 Å². The lowest BCUT2D eigenvalue weighted by atomic mass is 9.84. The number of para-hydroxylation sites is 1. The SMILES string of the molecule is CC(C)C[C@H](C(=O)O)[C@H](C)CC(=O)Nc1ccccc1Cl. The van der Waals surface area contributed by atoms with Gasteiger partial charge in [-0.1, -0.05) is 44.5 Å². The zero-order valence-corrected chi connectivity index (χ0v) is 13.4. The summed E-state index contributed by atoms with van der Waals surface area (Å²) in [5, 5.41) is 12.5. The van der Waals surface area contributed by atoms with Crippen LogP contribution in [0.25, 0.3) is 0 Å². The van der Waals surface area contributed by atoms with E-state index in [-0.39, 0.29) is 24.2 Å². The Morgan fingerprint density at radius 1 is 1.24 bits per heavy atom. The fraction of sp³-hybridized carbons (Fsp3) is 0.500. The van der Waals surface area contributed by atoms with Crippen molar-refractivity contribution < 1.29 is 14.7 Å². The molecule has 1 aromatic rings. The number of nitrogens with one attached hydrogen (secondary N) is 1. The molecular formula is C16H22ClNO3. The summed E-state index contributed by atoms with van der Waals surface area (Å²) in [5.74, 6) is -1.53. The summed E-state index contributed by atoms with van der Waals surface area (Å²) in [7, 11) is 0. The van der Waals surface area contributed by atoms with Gasteiger partial charge >= 0.3 is 5.97 Å². The van der Waals surface area contributed by atoms with Crippen molar-refractivity contribution in [3.05, 3.63) is 29.3 Å². The summed E-state index contributed by atoms with van der Waals surface area (Å²) in [5.41, 5.74) is 0.548. The van der Waals surface area contributed by atoms with Gasteiger partial charge in [-0.25, -0.2) is 0 Å². The van der Waals surface area contributed by atoms with Gasteiger partial charge in [0.25, 0.3) is 0 Å². The molecule has 4 nitrogen and oxygen atoms in total. The summed E-state index contributed by atoms with van der Waals surface area (Å²) in [6.45, 7) is 5.76. The number of amides is 1. The van der Waals surface area contributed by atoms with Gasteiger partial charge in [0.2, 0.25) is 5.91 Å². The van der Waals surface area contributed by atoms with Gasteiger partial charge < -0.3 is 10.4 Å². The summed E-state index contributed by atoms with van der Waals surface area (Å²) < 4.78 is 0. The summed E-state index contributed by atoms with van der Waals surface area (Å²) in [6, 6.07) is 6.97. The van der Waals surface area contributed by atoms with E-state index in [4.69, 9.17) is 11.6 Å². The van der Waals surface area contributed by atoms with Crippen molar-refractivity contribution in [1.82, 2.24) is 0 Å². The van der Waals surface area contributed by atoms with Crippen molar-refractivity contribution in [3.8, 4) is 0 Å². The van der Waals surface area contributed by atoms with Gasteiger partial charge in [0.15, 0.2) is 0 Å². The molecule has 0 saturated heterocycles. The number of benzene rings is 1. The zero-order chi connectivity index (χ0) is 16.0. The van der Waals surface area contributed by atoms with Crippen LogP contribution in [0.2, 0.25) is 5.02 Å². The Morgan fingerprint density at radius 3 is 2.38 bits per heavy atom. The number of hydrogen-bond acceptors (Lipinski definition) is 2. The molecule has 2 atom stereocenters. The Bertz CT molecular complexity index is 502. The molecule has 0 radical (unpaired) electrons. The lowest BCUT2D eigenvalue weighted by Gasteiger charge is -2.21. The smallest absolute Gasteiger partial charge is 0.306 e. The average Bonchev–Trinajstić information content (AvgIpc) is 2.38. The average molecular weight is 312 g/mol. The van der Waals surface area contributed by atoms with Crippen LogP contribution < -0.4 is 5.32 Å². The molecule has 1 rings (SSSR count). The highest BCUT2D eigenvalue weighted by Crippen LogP contribution is 2.25. The number of anilines is 1. The molecule has 0 spiro atoms. The second-order valence-corrected chi connectivity index (χ2v) is 6.19. The first-order valence-electron chi connectivity index (χ1n) is 7.08. The largest absolute Gasteiger partial charge is 0.481 e. The van der Waals surface area contributed by atoms with Gasteiger partial charge in [0, 0.05) is 6.42 Å². The van der Waals surface area contributed by atoms with E-state index in [1.807, 2.05) is 13.8 Å². The maximum Gasteiger partial charge on any atom is 0.306 e. The lowest BCUT2D eigenvalue weighted by molar-refractivity contribution is -0.144. The van der Waals surface area contributed by atoms with Crippen LogP contribution in [0.15, 0.2) is 24.3 Å². The third-order valence-electron chi connectivity index (χ3n) is 3.38. The van der Waals surface area contributed by atoms with E-state index >= 15 is 0 Å². The molecule has 5 heteroatoms. The number of halogens is 1. The van der Waals surface area contributed by atoms with Gasteiger partial charge in [-0.2, -0.15) is 0 Å². The number of carbonyl (C=O) groups excluding carboxylic acids is 1. The van der Waals surface area contributed by atoms with Crippen molar-refractivity contribution in [2.45, 2.75) is 33.6 Å². The number of hydrogen-bond donors (Lipinski definition) is 2. The zero-order valence-electron chi connectivity index (χ0n) is 12.6. The predicted octanol–water partition coefficient (Wildman–Crippen LogP) is 4.05. The Balaban J connectivity index is 2.64. The first-order chi connectivity index (χ1) is 9.81. The Labute approximate surface area is 130 Å². The number of carboxylic acid groups (broad SMARTS) is 1. The minimum Gasteiger partial charge on any atom is -0.481 e. The summed E-state index contributed by atoms with van der Waals surface area (Å²) in [6.07, 6.45) is 0.727. The Kier molecular flexibility index (Phi) is 6.69. The molecule has 2 N–H and O–H groups in total. The fourth-order valence-corrected chi connectivity index (χ4v) is 2.47. The maximum absolute atomic E-state index is 12.0. The van der Waals surface area contributed by atoms with Crippen LogP contribution in [0.3, 0.4) is 0 Å². The minimum absolute atomic E-state index is 0.162. The first kappa shape index (κ1) is 17.5. The van der Waals surface area contributed by atoms with Crippen molar-refractivity contribution in [1.29, 1.82) is 0 Å². The Hall–Kier alpha value is -1.55. The number of aliphatic carboxylic acids is 1. The van der Waals surface area contributed by atoms with E-state index in [9.17, 15) is 14.7 Å². The predicted molar refractivity (Wildman–Crippen MR) is 84.4 cm³/mol. The summed E-state index contributed by atoms with van der Waals surface area (Å²) in [4.78, 5) is 23.3. The van der Waals surface area contributed by atoms with E-state index in [2.05, 4.69) is 5.32 Å². The van der Waals surface area contributed by atoms with Crippen LogP contribution in [-0.2, 0) is 9.59 Å². The molecule has 0 aliphatic carbocycles. The van der Waals surface area contributed by atoms with Crippen LogP contribution in [0.4, 0.5) is 5.69 Å². The normalized spacial score (nSPS) is 13.8. The highest BCUT2D eigenvalue weighted by Gasteiger charge is 2.27. The molecule has 0 aromatic heterocycles. The van der Waals surface area contributed by atoms with Crippen molar-refractivity contribution >= 4 is 29.2 Å². The molecule has 0 unspecified atom stereocenters. The van der Waals surface area contributed by atoms with Crippen LogP contribution in [0.1, 0.15) is 33.6 Å². The van der Waals surface area contributed by atoms with Gasteiger partial charge in [-0.05, 0) is 30.4 Å². The molecular weight excluding hydrogens is 290 g/mol. The van der Waals surface area contributed by atoms with Crippen LogP contribution in [0.5, 0.6) is 0 Å². The third kappa shape index (κ3) is 5.76. The second-order valence-electron chi connectivity index (χ2n) is 5.78. The minimum atomic E-state index is -0.846. The summed E-state index contributed by atoms with van der Waals surface area (Å²) >= 11 is 5.98. The number of rotatable bonds is 7. The van der Waals surface area contributed by atoms with Gasteiger partial charge in [0.05, 0.1) is 16.6 Å². The molecule has 0 aliphatic rings. The highest BCUT2D eigenvalue weighted by molar-refractivity contribution is 6.33. The van der Waals surface area contributed by atoms with Crippen LogP contribution >= 0.6 is 11.6 Å². The van der Waals surface area contributed by atoms with Gasteiger partial charge in [-0.3, -0.25) is 9.59 Å². The monoisotopic (exact) mass is 311 g/mol. The van der Waals surface area contributed by atoms with Crippen LogP contribution in [0, 0.1) is 17.8 Å². The van der Waals surface area contributed by atoms with E-state index in [1.165, 1.54) is 0 Å². The van der Waals surface area contributed by atoms with Crippen LogP contribution in [-0.4, -0.2) is 17.0 Å².